The van der Waals surface area contributed by atoms with Crippen LogP contribution in [0.1, 0.15) is 19.3 Å². The second kappa shape index (κ2) is 7.26. The summed E-state index contributed by atoms with van der Waals surface area (Å²) in [5, 5.41) is 2.87. The van der Waals surface area contributed by atoms with E-state index in [-0.39, 0.29) is 24.2 Å². The molecule has 1 saturated carbocycles. The molecule has 1 atom stereocenters. The van der Waals surface area contributed by atoms with Gasteiger partial charge in [0.25, 0.3) is 0 Å². The highest BCUT2D eigenvalue weighted by Gasteiger charge is 2.41. The van der Waals surface area contributed by atoms with E-state index in [2.05, 4.69) is 10.3 Å². The zero-order valence-corrected chi connectivity index (χ0v) is 15.1. The Bertz CT molecular complexity index is 849. The van der Waals surface area contributed by atoms with Gasteiger partial charge in [-0.05, 0) is 49.2 Å². The number of hydrogen-bond donors (Lipinski definition) is 1. The minimum Gasteiger partial charge on any atom is -0.497 e. The number of carbonyl (C=O) groups excluding carboxylic acids is 2. The third-order valence-electron chi connectivity index (χ3n) is 4.82. The Hall–Kier alpha value is -3.09. The van der Waals surface area contributed by atoms with Crippen LogP contribution in [0.4, 0.5) is 5.69 Å². The average molecular weight is 367 g/mol. The van der Waals surface area contributed by atoms with Crippen molar-refractivity contribution in [1.82, 2.24) is 9.88 Å². The molecule has 1 aromatic heterocycles. The number of benzene rings is 1. The fraction of sp³-hybridized carbons (Fsp3) is 0.350. The summed E-state index contributed by atoms with van der Waals surface area (Å²) in [5.74, 6) is 1.16. The summed E-state index contributed by atoms with van der Waals surface area (Å²) in [7, 11) is 1.60. The van der Waals surface area contributed by atoms with Crippen molar-refractivity contribution in [2.45, 2.75) is 25.3 Å². The van der Waals surface area contributed by atoms with E-state index in [1.807, 2.05) is 4.90 Å². The second-order valence-corrected chi connectivity index (χ2v) is 6.80. The van der Waals surface area contributed by atoms with E-state index < -0.39 is 0 Å². The Morgan fingerprint density at radius 3 is 2.63 bits per heavy atom. The van der Waals surface area contributed by atoms with E-state index in [1.54, 1.807) is 49.7 Å². The molecule has 7 nitrogen and oxygen atoms in total. The van der Waals surface area contributed by atoms with Crippen molar-refractivity contribution in [3.8, 4) is 17.4 Å². The molecule has 0 unspecified atom stereocenters. The maximum Gasteiger partial charge on any atom is 0.243 e. The number of amides is 2. The zero-order valence-electron chi connectivity index (χ0n) is 15.1. The van der Waals surface area contributed by atoms with Gasteiger partial charge in [0.15, 0.2) is 0 Å². The maximum atomic E-state index is 12.6. The van der Waals surface area contributed by atoms with Gasteiger partial charge < -0.3 is 19.7 Å². The highest BCUT2D eigenvalue weighted by Crippen LogP contribution is 2.34. The molecule has 1 aromatic carbocycles. The number of ether oxygens (including phenoxy) is 2. The topological polar surface area (TPSA) is 80.8 Å². The third-order valence-corrected chi connectivity index (χ3v) is 4.82. The van der Waals surface area contributed by atoms with Crippen LogP contribution in [0.3, 0.4) is 0 Å². The van der Waals surface area contributed by atoms with Crippen LogP contribution in [0.15, 0.2) is 42.6 Å². The highest BCUT2D eigenvalue weighted by molar-refractivity contribution is 5.98. The first-order valence-electron chi connectivity index (χ1n) is 9.01. The fourth-order valence-corrected chi connectivity index (χ4v) is 3.20. The first kappa shape index (κ1) is 17.3. The van der Waals surface area contributed by atoms with Gasteiger partial charge in [0.05, 0.1) is 13.0 Å². The number of rotatable bonds is 6. The largest absolute Gasteiger partial charge is 0.497 e. The predicted molar refractivity (Wildman–Crippen MR) is 98.8 cm³/mol. The SMILES string of the molecule is COc1ccc(Oc2ncccc2NC(=O)[C@@H]2CC(=O)N(C3CC3)C2)cc1. The molecule has 2 aliphatic rings. The number of anilines is 1. The quantitative estimate of drug-likeness (QED) is 0.849. The monoisotopic (exact) mass is 367 g/mol. The van der Waals surface area contributed by atoms with Crippen LogP contribution in [0.25, 0.3) is 0 Å². The van der Waals surface area contributed by atoms with E-state index >= 15 is 0 Å². The van der Waals surface area contributed by atoms with Crippen molar-refractivity contribution < 1.29 is 19.1 Å². The lowest BCUT2D eigenvalue weighted by Gasteiger charge is -2.16. The molecule has 1 N–H and O–H groups in total. The predicted octanol–water partition coefficient (Wildman–Crippen LogP) is 2.83. The lowest BCUT2D eigenvalue weighted by molar-refractivity contribution is -0.128. The summed E-state index contributed by atoms with van der Waals surface area (Å²) in [6.07, 6.45) is 3.95. The first-order valence-corrected chi connectivity index (χ1v) is 9.01. The summed E-state index contributed by atoms with van der Waals surface area (Å²) < 4.78 is 10.9. The van der Waals surface area contributed by atoms with Crippen LogP contribution in [-0.4, -0.2) is 41.4 Å². The van der Waals surface area contributed by atoms with Crippen LogP contribution in [0.2, 0.25) is 0 Å². The number of nitrogens with one attached hydrogen (secondary N) is 1. The van der Waals surface area contributed by atoms with E-state index in [0.717, 1.165) is 18.6 Å². The van der Waals surface area contributed by atoms with Crippen LogP contribution in [0.5, 0.6) is 17.4 Å². The number of aromatic nitrogens is 1. The molecule has 4 rings (SSSR count). The van der Waals surface area contributed by atoms with Crippen molar-refractivity contribution >= 4 is 17.5 Å². The number of carbonyl (C=O) groups is 2. The lowest BCUT2D eigenvalue weighted by atomic mass is 10.1. The maximum absolute atomic E-state index is 12.6. The fourth-order valence-electron chi connectivity index (χ4n) is 3.20. The number of likely N-dealkylation sites (tertiary alicyclic amines) is 1. The molecule has 0 bridgehead atoms. The van der Waals surface area contributed by atoms with E-state index in [9.17, 15) is 9.59 Å². The molecular weight excluding hydrogens is 346 g/mol. The number of nitrogens with zero attached hydrogens (tertiary/aromatic N) is 2. The van der Waals surface area contributed by atoms with Crippen molar-refractivity contribution in [3.05, 3.63) is 42.6 Å². The minimum absolute atomic E-state index is 0.0681. The van der Waals surface area contributed by atoms with Gasteiger partial charge >= 0.3 is 0 Å². The van der Waals surface area contributed by atoms with Crippen LogP contribution >= 0.6 is 0 Å². The smallest absolute Gasteiger partial charge is 0.243 e. The lowest BCUT2D eigenvalue weighted by Crippen LogP contribution is -2.30. The third kappa shape index (κ3) is 3.86. The number of pyridine rings is 1. The Labute approximate surface area is 157 Å². The molecule has 2 amide bonds. The molecule has 0 radical (unpaired) electrons. The van der Waals surface area contributed by atoms with Crippen LogP contribution in [-0.2, 0) is 9.59 Å². The van der Waals surface area contributed by atoms with E-state index in [1.165, 1.54) is 0 Å². The van der Waals surface area contributed by atoms with E-state index in [0.29, 0.717) is 29.9 Å². The standard InChI is InChI=1S/C20H21N3O4/c1-26-15-6-8-16(9-7-15)27-20-17(3-2-10-21-20)22-19(25)13-11-18(24)23(12-13)14-4-5-14/h2-3,6-10,13-14H,4-5,11-12H2,1H3,(H,22,25)/t13-/m1/s1. The summed E-state index contributed by atoms with van der Waals surface area (Å²) in [5.41, 5.74) is 0.482. The summed E-state index contributed by atoms with van der Waals surface area (Å²) in [4.78, 5) is 30.8. The summed E-state index contributed by atoms with van der Waals surface area (Å²) >= 11 is 0. The number of hydrogen-bond acceptors (Lipinski definition) is 5. The average Bonchev–Trinajstić information content (AvgIpc) is 3.45. The van der Waals surface area contributed by atoms with Crippen molar-refractivity contribution in [2.24, 2.45) is 5.92 Å². The molecule has 0 spiro atoms. The van der Waals surface area contributed by atoms with Crippen LogP contribution < -0.4 is 14.8 Å². The summed E-state index contributed by atoms with van der Waals surface area (Å²) in [6.45, 7) is 0.490. The Kier molecular flexibility index (Phi) is 4.66. The normalized spacial score (nSPS) is 19.1. The molecule has 2 aromatic rings. The van der Waals surface area contributed by atoms with Gasteiger partial charge in [0.2, 0.25) is 17.7 Å². The number of methoxy groups -OCH3 is 1. The molecule has 7 heteroatoms. The molecule has 1 saturated heterocycles. The van der Waals surface area contributed by atoms with Gasteiger partial charge in [0.1, 0.15) is 17.2 Å². The van der Waals surface area contributed by atoms with Gasteiger partial charge in [-0.15, -0.1) is 0 Å². The Morgan fingerprint density at radius 1 is 1.19 bits per heavy atom. The molecule has 2 heterocycles. The molecule has 2 fully saturated rings. The van der Waals surface area contributed by atoms with Crippen molar-refractivity contribution in [3.63, 3.8) is 0 Å². The Balaban J connectivity index is 1.44. The van der Waals surface area contributed by atoms with Gasteiger partial charge in [-0.3, -0.25) is 9.59 Å². The molecule has 27 heavy (non-hydrogen) atoms. The molecule has 1 aliphatic carbocycles. The van der Waals surface area contributed by atoms with Gasteiger partial charge in [-0.25, -0.2) is 4.98 Å². The molecule has 1 aliphatic heterocycles. The molecule has 140 valence electrons. The first-order chi connectivity index (χ1) is 13.1. The van der Waals surface area contributed by atoms with Crippen molar-refractivity contribution in [2.75, 3.05) is 19.0 Å². The van der Waals surface area contributed by atoms with Crippen LogP contribution in [0, 0.1) is 5.92 Å². The molecular formula is C20H21N3O4. The highest BCUT2D eigenvalue weighted by atomic mass is 16.5. The Morgan fingerprint density at radius 2 is 1.93 bits per heavy atom. The second-order valence-electron chi connectivity index (χ2n) is 6.80. The summed E-state index contributed by atoms with van der Waals surface area (Å²) in [6, 6.07) is 10.9. The van der Waals surface area contributed by atoms with Gasteiger partial charge in [-0.2, -0.15) is 0 Å². The van der Waals surface area contributed by atoms with Gasteiger partial charge in [-0.1, -0.05) is 0 Å². The zero-order chi connectivity index (χ0) is 18.8. The minimum atomic E-state index is -0.341. The van der Waals surface area contributed by atoms with Crippen molar-refractivity contribution in [1.29, 1.82) is 0 Å². The van der Waals surface area contributed by atoms with E-state index in [4.69, 9.17) is 9.47 Å². The van der Waals surface area contributed by atoms with Gasteiger partial charge in [0, 0.05) is 25.2 Å².